The van der Waals surface area contributed by atoms with Gasteiger partial charge in [0.15, 0.2) is 5.82 Å². The lowest BCUT2D eigenvalue weighted by Gasteiger charge is -2.15. The smallest absolute Gasteiger partial charge is 0.235 e. The highest BCUT2D eigenvalue weighted by Crippen LogP contribution is 2.44. The van der Waals surface area contributed by atoms with Crippen molar-refractivity contribution in [3.8, 4) is 5.82 Å². The summed E-state index contributed by atoms with van der Waals surface area (Å²) in [6, 6.07) is 13.4. The zero-order valence-corrected chi connectivity index (χ0v) is 15.0. The number of amides is 1. The number of aryl methyl sites for hydroxylation is 1. The van der Waals surface area contributed by atoms with Crippen LogP contribution in [0.1, 0.15) is 22.1 Å². The van der Waals surface area contributed by atoms with Crippen molar-refractivity contribution in [2.45, 2.75) is 12.2 Å². The Morgan fingerprint density at radius 2 is 2.16 bits per heavy atom. The molecule has 3 aromatic rings. The zero-order chi connectivity index (χ0) is 17.4. The molecule has 0 fully saturated rings. The van der Waals surface area contributed by atoms with Crippen LogP contribution in [0.25, 0.3) is 5.82 Å². The first-order valence-corrected chi connectivity index (χ1v) is 9.24. The van der Waals surface area contributed by atoms with Crippen LogP contribution in [-0.4, -0.2) is 26.4 Å². The first-order valence-electron chi connectivity index (χ1n) is 7.81. The van der Waals surface area contributed by atoms with Gasteiger partial charge in [-0.1, -0.05) is 29.8 Å². The van der Waals surface area contributed by atoms with E-state index in [1.807, 2.05) is 49.4 Å². The van der Waals surface area contributed by atoms with Crippen LogP contribution in [-0.2, 0) is 4.79 Å². The summed E-state index contributed by atoms with van der Waals surface area (Å²) < 4.78 is 1.70. The van der Waals surface area contributed by atoms with E-state index in [1.165, 1.54) is 0 Å². The summed E-state index contributed by atoms with van der Waals surface area (Å²) in [5.41, 5.74) is 2.91. The van der Waals surface area contributed by atoms with E-state index < -0.39 is 0 Å². The molecule has 2 aromatic heterocycles. The molecular weight excluding hydrogens is 356 g/mol. The molecule has 1 aromatic carbocycles. The molecule has 0 unspecified atom stereocenters. The number of pyridine rings is 1. The number of anilines is 1. The van der Waals surface area contributed by atoms with Gasteiger partial charge < -0.3 is 5.32 Å². The summed E-state index contributed by atoms with van der Waals surface area (Å²) in [6.07, 6.45) is 1.71. The molecule has 1 amide bonds. The fourth-order valence-corrected chi connectivity index (χ4v) is 4.34. The third-order valence-corrected chi connectivity index (χ3v) is 5.53. The molecule has 126 valence electrons. The maximum absolute atomic E-state index is 12.3. The van der Waals surface area contributed by atoms with Crippen molar-refractivity contribution in [1.29, 1.82) is 0 Å². The topological polar surface area (TPSA) is 59.8 Å². The van der Waals surface area contributed by atoms with Crippen molar-refractivity contribution in [1.82, 2.24) is 14.8 Å². The molecule has 0 spiro atoms. The minimum absolute atomic E-state index is 0.0230. The Morgan fingerprint density at radius 3 is 2.92 bits per heavy atom. The monoisotopic (exact) mass is 370 g/mol. The van der Waals surface area contributed by atoms with Crippen LogP contribution in [0, 0.1) is 6.92 Å². The molecule has 4 rings (SSSR count). The van der Waals surface area contributed by atoms with E-state index in [4.69, 9.17) is 11.6 Å². The van der Waals surface area contributed by atoms with Gasteiger partial charge in [0.2, 0.25) is 5.91 Å². The second-order valence-corrected chi connectivity index (χ2v) is 7.27. The quantitative estimate of drug-likeness (QED) is 0.740. The van der Waals surface area contributed by atoms with Crippen molar-refractivity contribution in [2.24, 2.45) is 0 Å². The van der Waals surface area contributed by atoms with Gasteiger partial charge in [-0.2, -0.15) is 9.78 Å². The molecule has 25 heavy (non-hydrogen) atoms. The van der Waals surface area contributed by atoms with E-state index in [0.29, 0.717) is 22.4 Å². The number of benzene rings is 1. The van der Waals surface area contributed by atoms with Crippen LogP contribution in [0.15, 0.2) is 48.7 Å². The number of aromatic nitrogens is 3. The van der Waals surface area contributed by atoms with Gasteiger partial charge in [0.05, 0.1) is 16.7 Å². The average Bonchev–Trinajstić information content (AvgIpc) is 2.82. The van der Waals surface area contributed by atoms with Crippen molar-refractivity contribution in [2.75, 3.05) is 11.1 Å². The van der Waals surface area contributed by atoms with Gasteiger partial charge in [0, 0.05) is 16.8 Å². The van der Waals surface area contributed by atoms with Gasteiger partial charge in [-0.05, 0) is 36.8 Å². The van der Waals surface area contributed by atoms with Gasteiger partial charge in [-0.25, -0.2) is 4.98 Å². The normalized spacial score (nSPS) is 16.9. The van der Waals surface area contributed by atoms with Crippen LogP contribution in [0.4, 0.5) is 5.82 Å². The molecule has 1 N–H and O–H groups in total. The summed E-state index contributed by atoms with van der Waals surface area (Å²) in [5, 5.41) is 8.28. The second-order valence-electron chi connectivity index (χ2n) is 5.74. The molecule has 0 radical (unpaired) electrons. The molecule has 1 aliphatic rings. The SMILES string of the molecule is Cc1nn(-c2ccccn2)c2c1[C@H](c1cccc(Cl)c1)SCC(=O)N2. The fourth-order valence-electron chi connectivity index (χ4n) is 2.96. The zero-order valence-electron chi connectivity index (χ0n) is 13.4. The van der Waals surface area contributed by atoms with Gasteiger partial charge in [0.25, 0.3) is 0 Å². The standard InChI is InChI=1S/C18H15ClN4OS/c1-11-16-17(12-5-4-6-13(19)9-12)25-10-15(24)21-18(16)23(22-11)14-7-2-3-8-20-14/h2-9,17H,10H2,1H3,(H,21,24)/t17-/m0/s1. The van der Waals surface area contributed by atoms with Gasteiger partial charge in [-0.3, -0.25) is 4.79 Å². The Kier molecular flexibility index (Phi) is 4.23. The first-order chi connectivity index (χ1) is 12.1. The summed E-state index contributed by atoms with van der Waals surface area (Å²) in [4.78, 5) is 16.6. The van der Waals surface area contributed by atoms with Gasteiger partial charge in [0.1, 0.15) is 5.82 Å². The molecule has 3 heterocycles. The predicted octanol–water partition coefficient (Wildman–Crippen LogP) is 4.00. The average molecular weight is 371 g/mol. The Bertz CT molecular complexity index is 942. The Hall–Kier alpha value is -2.31. The van der Waals surface area contributed by atoms with Crippen LogP contribution in [0.2, 0.25) is 5.02 Å². The van der Waals surface area contributed by atoms with Crippen molar-refractivity contribution >= 4 is 35.1 Å². The molecule has 7 heteroatoms. The largest absolute Gasteiger partial charge is 0.310 e. The summed E-state index contributed by atoms with van der Waals surface area (Å²) in [6.45, 7) is 1.95. The number of hydrogen-bond donors (Lipinski definition) is 1. The van der Waals surface area contributed by atoms with Crippen LogP contribution in [0.3, 0.4) is 0 Å². The van der Waals surface area contributed by atoms with Crippen LogP contribution in [0.5, 0.6) is 0 Å². The highest BCUT2D eigenvalue weighted by Gasteiger charge is 2.30. The summed E-state index contributed by atoms with van der Waals surface area (Å²) in [5.74, 6) is 1.67. The van der Waals surface area contributed by atoms with E-state index in [0.717, 1.165) is 16.8 Å². The lowest BCUT2D eigenvalue weighted by Crippen LogP contribution is -2.16. The molecule has 1 aliphatic heterocycles. The number of carbonyl (C=O) groups excluding carboxylic acids is 1. The lowest BCUT2D eigenvalue weighted by molar-refractivity contribution is -0.113. The highest BCUT2D eigenvalue weighted by molar-refractivity contribution is 8.00. The summed E-state index contributed by atoms with van der Waals surface area (Å²) in [7, 11) is 0. The maximum atomic E-state index is 12.3. The minimum Gasteiger partial charge on any atom is -0.310 e. The minimum atomic E-state index is -0.0483. The van der Waals surface area contributed by atoms with Crippen molar-refractivity contribution in [3.63, 3.8) is 0 Å². The van der Waals surface area contributed by atoms with E-state index in [2.05, 4.69) is 15.4 Å². The second kappa shape index (κ2) is 6.54. The van der Waals surface area contributed by atoms with Crippen molar-refractivity contribution in [3.05, 3.63) is 70.5 Å². The lowest BCUT2D eigenvalue weighted by atomic mass is 10.0. The van der Waals surface area contributed by atoms with E-state index in [9.17, 15) is 4.79 Å². The Morgan fingerprint density at radius 1 is 1.28 bits per heavy atom. The van der Waals surface area contributed by atoms with Crippen molar-refractivity contribution < 1.29 is 4.79 Å². The number of thioether (sulfide) groups is 1. The Labute approximate surface area is 154 Å². The third kappa shape index (κ3) is 3.03. The predicted molar refractivity (Wildman–Crippen MR) is 100 cm³/mol. The molecule has 0 saturated carbocycles. The molecular formula is C18H15ClN4OS. The van der Waals surface area contributed by atoms with E-state index in [1.54, 1.807) is 22.6 Å². The molecule has 1 atom stereocenters. The summed E-state index contributed by atoms with van der Waals surface area (Å²) >= 11 is 7.75. The number of fused-ring (bicyclic) bond motifs is 1. The van der Waals surface area contributed by atoms with E-state index in [-0.39, 0.29) is 11.2 Å². The maximum Gasteiger partial charge on any atom is 0.235 e. The molecule has 0 aliphatic carbocycles. The number of halogens is 1. The fraction of sp³-hybridized carbons (Fsp3) is 0.167. The molecule has 0 bridgehead atoms. The third-order valence-electron chi connectivity index (χ3n) is 4.03. The number of rotatable bonds is 2. The van der Waals surface area contributed by atoms with Crippen LogP contribution >= 0.6 is 23.4 Å². The van der Waals surface area contributed by atoms with Crippen LogP contribution < -0.4 is 5.32 Å². The number of carbonyl (C=O) groups is 1. The Balaban J connectivity index is 1.90. The number of nitrogens with one attached hydrogen (secondary N) is 1. The first kappa shape index (κ1) is 16.2. The molecule has 0 saturated heterocycles. The van der Waals surface area contributed by atoms with Gasteiger partial charge >= 0.3 is 0 Å². The van der Waals surface area contributed by atoms with E-state index >= 15 is 0 Å². The highest BCUT2D eigenvalue weighted by atomic mass is 35.5. The number of hydrogen-bond acceptors (Lipinski definition) is 4. The number of nitrogens with zero attached hydrogens (tertiary/aromatic N) is 3. The molecule has 5 nitrogen and oxygen atoms in total. The van der Waals surface area contributed by atoms with Gasteiger partial charge in [-0.15, -0.1) is 11.8 Å².